The van der Waals surface area contributed by atoms with Gasteiger partial charge in [-0.3, -0.25) is 24.1 Å². The van der Waals surface area contributed by atoms with Crippen molar-refractivity contribution in [2.45, 2.75) is 37.4 Å². The number of aromatic hydroxyl groups is 2. The molecular formula is C30H31N10O11S2+. The molecule has 1 unspecified atom stereocenters. The second-order valence-electron chi connectivity index (χ2n) is 11.8. The number of aliphatic carboxylic acids is 2. The summed E-state index contributed by atoms with van der Waals surface area (Å²) in [6.45, 7) is 1.81. The number of benzene rings is 1. The van der Waals surface area contributed by atoms with E-state index in [1.807, 2.05) is 0 Å². The van der Waals surface area contributed by atoms with Crippen LogP contribution in [0.15, 0.2) is 52.5 Å². The molecule has 278 valence electrons. The van der Waals surface area contributed by atoms with Crippen LogP contribution in [0, 0.1) is 0 Å². The molecule has 2 aromatic heterocycles. The van der Waals surface area contributed by atoms with E-state index in [0.29, 0.717) is 5.57 Å². The van der Waals surface area contributed by atoms with Crippen molar-refractivity contribution in [2.75, 3.05) is 29.1 Å². The van der Waals surface area contributed by atoms with Gasteiger partial charge in [0.2, 0.25) is 11.5 Å². The SMILES string of the molecule is CC(C)(O/N=C(\C(=O)N[C@@H]1C(=O)N2C(C(=O)O)=C(C[n+]3cnc(N)c(NC(=O)CNC(=O)c4ccc(O)c(O)c4)c3)CSC12)c1csc(N)n1)C(=O)O. The number of hydrogen-bond acceptors (Lipinski definition) is 16. The summed E-state index contributed by atoms with van der Waals surface area (Å²) < 4.78 is 1.42. The molecule has 11 N–H and O–H groups in total. The van der Waals surface area contributed by atoms with Crippen LogP contribution in [0.25, 0.3) is 0 Å². The van der Waals surface area contributed by atoms with Crippen LogP contribution in [0.3, 0.4) is 0 Å². The van der Waals surface area contributed by atoms with Gasteiger partial charge >= 0.3 is 11.9 Å². The number of oxime groups is 1. The van der Waals surface area contributed by atoms with Crippen LogP contribution >= 0.6 is 23.1 Å². The highest BCUT2D eigenvalue weighted by Gasteiger charge is 2.54. The van der Waals surface area contributed by atoms with Gasteiger partial charge in [-0.05, 0) is 37.0 Å². The molecule has 21 nitrogen and oxygen atoms in total. The van der Waals surface area contributed by atoms with E-state index >= 15 is 0 Å². The number of amides is 4. The number of β-lactam (4-membered cyclic amide) rings is 1. The Balaban J connectivity index is 1.27. The van der Waals surface area contributed by atoms with Gasteiger partial charge in [-0.25, -0.2) is 19.1 Å². The fourth-order valence-corrected chi connectivity index (χ4v) is 6.69. The molecule has 53 heavy (non-hydrogen) atoms. The van der Waals surface area contributed by atoms with Crippen molar-refractivity contribution in [1.82, 2.24) is 25.5 Å². The lowest BCUT2D eigenvalue weighted by Gasteiger charge is -2.49. The lowest BCUT2D eigenvalue weighted by molar-refractivity contribution is -0.691. The van der Waals surface area contributed by atoms with Gasteiger partial charge in [0.1, 0.15) is 35.5 Å². The first-order valence-electron chi connectivity index (χ1n) is 15.1. The lowest BCUT2D eigenvalue weighted by Crippen LogP contribution is -2.71. The van der Waals surface area contributed by atoms with E-state index in [0.717, 1.165) is 40.1 Å². The number of nitrogens with zero attached hydrogens (tertiary/aromatic N) is 5. The van der Waals surface area contributed by atoms with Crippen molar-refractivity contribution in [3.8, 4) is 11.5 Å². The number of hydrogen-bond donors (Lipinski definition) is 9. The number of nitrogens with two attached hydrogens (primary N) is 2. The third-order valence-corrected chi connectivity index (χ3v) is 9.62. The Morgan fingerprint density at radius 1 is 1.15 bits per heavy atom. The van der Waals surface area contributed by atoms with E-state index in [2.05, 4.69) is 31.1 Å². The van der Waals surface area contributed by atoms with Crippen LogP contribution in [-0.4, -0.2) is 106 Å². The van der Waals surface area contributed by atoms with Gasteiger partial charge in [0.15, 0.2) is 28.0 Å². The highest BCUT2D eigenvalue weighted by atomic mass is 32.2. The molecule has 2 aliphatic heterocycles. The predicted molar refractivity (Wildman–Crippen MR) is 185 cm³/mol. The monoisotopic (exact) mass is 771 g/mol. The third kappa shape index (κ3) is 8.20. The molecule has 0 spiro atoms. The molecule has 0 bridgehead atoms. The number of carbonyl (C=O) groups excluding carboxylic acids is 4. The molecule has 5 rings (SSSR count). The van der Waals surface area contributed by atoms with Crippen molar-refractivity contribution in [3.05, 3.63) is 58.6 Å². The second kappa shape index (κ2) is 15.0. The van der Waals surface area contributed by atoms with Gasteiger partial charge in [0.25, 0.3) is 29.9 Å². The normalized spacial score (nSPS) is 17.0. The first-order valence-corrected chi connectivity index (χ1v) is 17.1. The molecule has 23 heteroatoms. The summed E-state index contributed by atoms with van der Waals surface area (Å²) in [5, 5.41) is 50.2. The Labute approximate surface area is 306 Å². The van der Waals surface area contributed by atoms with Crippen molar-refractivity contribution in [3.63, 3.8) is 0 Å². The minimum absolute atomic E-state index is 0.0112. The number of nitrogens with one attached hydrogen (secondary N) is 3. The summed E-state index contributed by atoms with van der Waals surface area (Å²) in [4.78, 5) is 89.8. The van der Waals surface area contributed by atoms with Crippen LogP contribution in [-0.2, 0) is 35.4 Å². The van der Waals surface area contributed by atoms with E-state index in [1.165, 1.54) is 42.4 Å². The van der Waals surface area contributed by atoms with Crippen molar-refractivity contribution in [1.29, 1.82) is 0 Å². The number of thiazole rings is 1. The van der Waals surface area contributed by atoms with Crippen LogP contribution in [0.2, 0.25) is 0 Å². The van der Waals surface area contributed by atoms with Gasteiger partial charge < -0.3 is 52.7 Å². The molecule has 0 radical (unpaired) electrons. The Hall–Kier alpha value is -6.49. The molecule has 4 heterocycles. The number of rotatable bonds is 13. The molecule has 3 aromatic rings. The number of thioether (sulfide) groups is 1. The summed E-state index contributed by atoms with van der Waals surface area (Å²) in [6, 6.07) is 2.19. The van der Waals surface area contributed by atoms with E-state index in [9.17, 15) is 49.2 Å². The van der Waals surface area contributed by atoms with Gasteiger partial charge in [-0.1, -0.05) is 5.16 Å². The molecular weight excluding hydrogens is 741 g/mol. The van der Waals surface area contributed by atoms with Gasteiger partial charge in [-0.15, -0.1) is 23.1 Å². The predicted octanol–water partition coefficient (Wildman–Crippen LogP) is -1.21. The maximum atomic E-state index is 13.3. The zero-order valence-corrected chi connectivity index (χ0v) is 29.2. The molecule has 2 aliphatic rings. The largest absolute Gasteiger partial charge is 0.504 e. The fraction of sp³-hybridized carbons (Fsp3) is 0.267. The standard InChI is InChI=1S/C30H30N10O11S2/c1-30(2,28(49)50)51-38-19(15-10-53-29(32)36-15)24(45)37-20-25(46)40-21(27(47)48)13(9-52-26(20)40)7-39-8-14(22(31)34-11-39)35-18(43)6-33-23(44)12-3-4-16(41)17(42)5-12/h3-5,8,10-11,20,26,31H,6-7,9H2,1-2H3,(H9,32,33,35,36,37,38,41,42,43,44,45,47,48,49,50)/p+1/t20-,26?/m1/s1. The zero-order chi connectivity index (χ0) is 38.8. The van der Waals surface area contributed by atoms with Crippen LogP contribution in [0.1, 0.15) is 29.9 Å². The molecule has 1 fully saturated rings. The summed E-state index contributed by atoms with van der Waals surface area (Å²) in [5.74, 6) is -6.81. The maximum Gasteiger partial charge on any atom is 0.352 e. The second-order valence-corrected chi connectivity index (χ2v) is 13.8. The molecule has 0 saturated carbocycles. The van der Waals surface area contributed by atoms with Crippen LogP contribution < -0.4 is 32.0 Å². The van der Waals surface area contributed by atoms with Crippen molar-refractivity contribution >= 4 is 81.0 Å². The third-order valence-electron chi connectivity index (χ3n) is 7.61. The summed E-state index contributed by atoms with van der Waals surface area (Å²) in [6.07, 6.45) is 2.66. The number of carboxylic acid groups (broad SMARTS) is 2. The Morgan fingerprint density at radius 2 is 1.89 bits per heavy atom. The van der Waals surface area contributed by atoms with Gasteiger partial charge in [0.05, 0.1) is 6.54 Å². The number of nitrogen functional groups attached to an aromatic ring is 2. The Bertz CT molecular complexity index is 2100. The lowest BCUT2D eigenvalue weighted by atomic mass is 10.0. The van der Waals surface area contributed by atoms with Gasteiger partial charge in [0, 0.05) is 22.3 Å². The van der Waals surface area contributed by atoms with E-state index in [-0.39, 0.29) is 45.9 Å². The van der Waals surface area contributed by atoms with E-state index < -0.39 is 76.3 Å². The number of fused-ring (bicyclic) bond motifs is 1. The van der Waals surface area contributed by atoms with Crippen LogP contribution in [0.4, 0.5) is 16.6 Å². The minimum atomic E-state index is -1.82. The van der Waals surface area contributed by atoms with Gasteiger partial charge in [-0.2, -0.15) is 0 Å². The minimum Gasteiger partial charge on any atom is -0.504 e. The topological polar surface area (TPSA) is 326 Å². The average Bonchev–Trinajstić information content (AvgIpc) is 3.53. The maximum absolute atomic E-state index is 13.3. The van der Waals surface area contributed by atoms with Crippen LogP contribution in [0.5, 0.6) is 11.5 Å². The quantitative estimate of drug-likeness (QED) is 0.0324. The number of carboxylic acids is 2. The van der Waals surface area contributed by atoms with E-state index in [4.69, 9.17) is 16.3 Å². The van der Waals surface area contributed by atoms with Crippen molar-refractivity contribution in [2.24, 2.45) is 5.16 Å². The summed E-state index contributed by atoms with van der Waals surface area (Å²) in [5.41, 5.74) is 9.30. The van der Waals surface area contributed by atoms with Crippen molar-refractivity contribution < 1.29 is 58.6 Å². The first-order chi connectivity index (χ1) is 25.0. The first kappa shape index (κ1) is 37.8. The Kier molecular flexibility index (Phi) is 10.7. The molecule has 2 atom stereocenters. The molecule has 4 amide bonds. The average molecular weight is 772 g/mol. The molecule has 1 aromatic carbocycles. The Morgan fingerprint density at radius 3 is 2.53 bits per heavy atom. The molecule has 1 saturated heterocycles. The number of aromatic nitrogens is 3. The number of phenols is 2. The number of phenolic OH excluding ortho intramolecular Hbond substituents is 2. The number of carbonyl (C=O) groups is 6. The highest BCUT2D eigenvalue weighted by Crippen LogP contribution is 2.40. The summed E-state index contributed by atoms with van der Waals surface area (Å²) in [7, 11) is 0. The highest BCUT2D eigenvalue weighted by molar-refractivity contribution is 8.00. The summed E-state index contributed by atoms with van der Waals surface area (Å²) >= 11 is 2.14. The smallest absolute Gasteiger partial charge is 0.352 e. The molecule has 0 aliphatic carbocycles. The fourth-order valence-electron chi connectivity index (χ4n) is 4.81. The zero-order valence-electron chi connectivity index (χ0n) is 27.6. The van der Waals surface area contributed by atoms with E-state index in [1.54, 1.807) is 0 Å². The number of anilines is 3.